The summed E-state index contributed by atoms with van der Waals surface area (Å²) in [5, 5.41) is 35.1. The lowest BCUT2D eigenvalue weighted by atomic mass is 10.0. The van der Waals surface area contributed by atoms with Crippen LogP contribution in [0.25, 0.3) is 0 Å². The van der Waals surface area contributed by atoms with Crippen molar-refractivity contribution in [1.29, 1.82) is 0 Å². The molecule has 12 nitrogen and oxygen atoms in total. The van der Waals surface area contributed by atoms with Crippen molar-refractivity contribution in [2.24, 2.45) is 11.7 Å². The largest absolute Gasteiger partial charge is 0.508 e. The first-order chi connectivity index (χ1) is 16.8. The van der Waals surface area contributed by atoms with Crippen LogP contribution < -0.4 is 21.7 Å². The van der Waals surface area contributed by atoms with E-state index in [9.17, 15) is 34.2 Å². The monoisotopic (exact) mass is 526 g/mol. The van der Waals surface area contributed by atoms with E-state index in [2.05, 4.69) is 28.6 Å². The highest BCUT2D eigenvalue weighted by Crippen LogP contribution is 2.12. The molecule has 0 aromatic heterocycles. The first-order valence-corrected chi connectivity index (χ1v) is 12.0. The van der Waals surface area contributed by atoms with E-state index in [0.717, 1.165) is 0 Å². The Hall–Kier alpha value is -3.32. The van der Waals surface area contributed by atoms with Crippen molar-refractivity contribution in [3.05, 3.63) is 29.8 Å². The highest BCUT2D eigenvalue weighted by Gasteiger charge is 2.30. The zero-order valence-electron chi connectivity index (χ0n) is 20.1. The van der Waals surface area contributed by atoms with Gasteiger partial charge in [-0.25, -0.2) is 4.79 Å². The maximum Gasteiger partial charge on any atom is 0.326 e. The number of aromatic hydroxyl groups is 1. The Bertz CT molecular complexity index is 925. The molecule has 36 heavy (non-hydrogen) atoms. The lowest BCUT2D eigenvalue weighted by molar-refractivity contribution is -0.142. The van der Waals surface area contributed by atoms with Crippen molar-refractivity contribution >= 4 is 42.3 Å². The van der Waals surface area contributed by atoms with Gasteiger partial charge < -0.3 is 37.0 Å². The standard InChI is InChI=1S/C23H34N4O8S/c1-12(2)9-16(21(32)26-17(23(34)35)10-13-3-5-14(28)6-4-13)25-22(33)18(11-36)27-20(31)15(24)7-8-19(29)30/h3-6,12,15-18,28,36H,7-11,24H2,1-2H3,(H,25,33)(H,26,32)(H,27,31)(H,29,30)(H,34,35). The van der Waals surface area contributed by atoms with Gasteiger partial charge in [-0.1, -0.05) is 26.0 Å². The summed E-state index contributed by atoms with van der Waals surface area (Å²) in [6, 6.07) is 1.17. The van der Waals surface area contributed by atoms with Crippen molar-refractivity contribution in [2.75, 3.05) is 5.75 Å². The molecule has 0 aliphatic heterocycles. The zero-order valence-corrected chi connectivity index (χ0v) is 21.0. The van der Waals surface area contributed by atoms with E-state index in [0.29, 0.717) is 5.56 Å². The molecule has 0 radical (unpaired) electrons. The van der Waals surface area contributed by atoms with Crippen LogP contribution in [0.5, 0.6) is 5.75 Å². The Morgan fingerprint density at radius 1 is 0.889 bits per heavy atom. The predicted molar refractivity (Wildman–Crippen MR) is 133 cm³/mol. The number of carbonyl (C=O) groups excluding carboxylic acids is 3. The highest BCUT2D eigenvalue weighted by atomic mass is 32.1. The molecular formula is C23H34N4O8S. The fourth-order valence-corrected chi connectivity index (χ4v) is 3.46. The fraction of sp³-hybridized carbons (Fsp3) is 0.522. The Morgan fingerprint density at radius 2 is 1.42 bits per heavy atom. The molecule has 13 heteroatoms. The molecule has 200 valence electrons. The summed E-state index contributed by atoms with van der Waals surface area (Å²) in [6.07, 6.45) is -0.308. The zero-order chi connectivity index (χ0) is 27.4. The molecule has 1 rings (SSSR count). The summed E-state index contributed by atoms with van der Waals surface area (Å²) in [7, 11) is 0. The average molecular weight is 527 g/mol. The summed E-state index contributed by atoms with van der Waals surface area (Å²) >= 11 is 4.07. The number of phenols is 1. The molecule has 1 aromatic carbocycles. The van der Waals surface area contributed by atoms with E-state index in [4.69, 9.17) is 10.8 Å². The summed E-state index contributed by atoms with van der Waals surface area (Å²) in [5.41, 5.74) is 6.24. The Balaban J connectivity index is 2.89. The van der Waals surface area contributed by atoms with Gasteiger partial charge >= 0.3 is 11.9 Å². The number of hydrogen-bond acceptors (Lipinski definition) is 8. The van der Waals surface area contributed by atoms with Gasteiger partial charge in [0.1, 0.15) is 23.9 Å². The number of nitrogens with two attached hydrogens (primary N) is 1. The summed E-state index contributed by atoms with van der Waals surface area (Å²) in [5.74, 6) is -4.73. The molecular weight excluding hydrogens is 492 g/mol. The number of rotatable bonds is 15. The number of nitrogens with one attached hydrogen (secondary N) is 3. The number of phenolic OH excluding ortho intramolecular Hbond substituents is 1. The van der Waals surface area contributed by atoms with Gasteiger partial charge in [0.05, 0.1) is 6.04 Å². The second kappa shape index (κ2) is 14.9. The van der Waals surface area contributed by atoms with Gasteiger partial charge in [0, 0.05) is 18.6 Å². The summed E-state index contributed by atoms with van der Waals surface area (Å²) in [4.78, 5) is 60.4. The van der Waals surface area contributed by atoms with Gasteiger partial charge in [-0.3, -0.25) is 19.2 Å². The molecule has 4 atom stereocenters. The van der Waals surface area contributed by atoms with Crippen molar-refractivity contribution < 1.29 is 39.3 Å². The van der Waals surface area contributed by atoms with Gasteiger partial charge in [0.25, 0.3) is 0 Å². The smallest absolute Gasteiger partial charge is 0.326 e. The van der Waals surface area contributed by atoms with Crippen LogP contribution >= 0.6 is 12.6 Å². The molecule has 1 aromatic rings. The lowest BCUT2D eigenvalue weighted by Gasteiger charge is -2.25. The summed E-state index contributed by atoms with van der Waals surface area (Å²) < 4.78 is 0. The number of carboxylic acids is 2. The number of benzene rings is 1. The van der Waals surface area contributed by atoms with E-state index in [1.807, 2.05) is 13.8 Å². The third-order valence-corrected chi connectivity index (χ3v) is 5.52. The third kappa shape index (κ3) is 11.0. The molecule has 0 saturated carbocycles. The molecule has 0 fully saturated rings. The van der Waals surface area contributed by atoms with Gasteiger partial charge in [0.15, 0.2) is 0 Å². The fourth-order valence-electron chi connectivity index (χ4n) is 3.20. The van der Waals surface area contributed by atoms with E-state index in [1.165, 1.54) is 24.3 Å². The van der Waals surface area contributed by atoms with Crippen LogP contribution in [0.1, 0.15) is 38.7 Å². The minimum atomic E-state index is -1.29. The number of hydrogen-bond donors (Lipinski definition) is 8. The lowest BCUT2D eigenvalue weighted by Crippen LogP contribution is -2.58. The predicted octanol–water partition coefficient (Wildman–Crippen LogP) is -0.358. The molecule has 8 N–H and O–H groups in total. The minimum absolute atomic E-state index is 0.0167. The second-order valence-electron chi connectivity index (χ2n) is 8.74. The summed E-state index contributed by atoms with van der Waals surface area (Å²) in [6.45, 7) is 3.63. The number of amides is 3. The maximum absolute atomic E-state index is 13.0. The molecule has 0 bridgehead atoms. The Kier molecular flexibility index (Phi) is 12.7. The van der Waals surface area contributed by atoms with Gasteiger partial charge in [-0.15, -0.1) is 0 Å². The van der Waals surface area contributed by atoms with Crippen molar-refractivity contribution in [1.82, 2.24) is 16.0 Å². The van der Waals surface area contributed by atoms with E-state index < -0.39 is 53.8 Å². The number of thiol groups is 1. The second-order valence-corrected chi connectivity index (χ2v) is 9.11. The van der Waals surface area contributed by atoms with Crippen LogP contribution in [0.3, 0.4) is 0 Å². The van der Waals surface area contributed by atoms with Crippen LogP contribution in [-0.4, -0.2) is 74.9 Å². The SMILES string of the molecule is CC(C)CC(NC(=O)C(CS)NC(=O)C(N)CCC(=O)O)C(=O)NC(Cc1ccc(O)cc1)C(=O)O. The Labute approximate surface area is 214 Å². The first kappa shape index (κ1) is 30.7. The number of aliphatic carboxylic acids is 2. The minimum Gasteiger partial charge on any atom is -0.508 e. The normalized spacial score (nSPS) is 14.2. The molecule has 0 aliphatic carbocycles. The number of carbonyl (C=O) groups is 5. The van der Waals surface area contributed by atoms with Crippen molar-refractivity contribution in [3.63, 3.8) is 0 Å². The molecule has 3 amide bonds. The molecule has 0 saturated heterocycles. The molecule has 0 heterocycles. The van der Waals surface area contributed by atoms with Crippen molar-refractivity contribution in [2.45, 2.75) is 63.7 Å². The molecule has 0 aliphatic rings. The van der Waals surface area contributed by atoms with Gasteiger partial charge in [0.2, 0.25) is 17.7 Å². The topological polar surface area (TPSA) is 208 Å². The molecule has 0 spiro atoms. The van der Waals surface area contributed by atoms with E-state index >= 15 is 0 Å². The van der Waals surface area contributed by atoms with Gasteiger partial charge in [-0.05, 0) is 36.5 Å². The van der Waals surface area contributed by atoms with Crippen LogP contribution in [-0.2, 0) is 30.4 Å². The van der Waals surface area contributed by atoms with Gasteiger partial charge in [-0.2, -0.15) is 12.6 Å². The number of carboxylic acid groups (broad SMARTS) is 2. The average Bonchev–Trinajstić information content (AvgIpc) is 2.80. The molecule has 4 unspecified atom stereocenters. The third-order valence-electron chi connectivity index (χ3n) is 5.15. The quantitative estimate of drug-likeness (QED) is 0.140. The van der Waals surface area contributed by atoms with Crippen LogP contribution in [0.2, 0.25) is 0 Å². The van der Waals surface area contributed by atoms with Crippen LogP contribution in [0.15, 0.2) is 24.3 Å². The van der Waals surface area contributed by atoms with Crippen LogP contribution in [0, 0.1) is 5.92 Å². The highest BCUT2D eigenvalue weighted by molar-refractivity contribution is 7.80. The van der Waals surface area contributed by atoms with Crippen molar-refractivity contribution in [3.8, 4) is 5.75 Å². The maximum atomic E-state index is 13.0. The Morgan fingerprint density at radius 3 is 1.92 bits per heavy atom. The van der Waals surface area contributed by atoms with Crippen LogP contribution in [0.4, 0.5) is 0 Å². The van der Waals surface area contributed by atoms with E-state index in [-0.39, 0.29) is 43.1 Å². The first-order valence-electron chi connectivity index (χ1n) is 11.3. The van der Waals surface area contributed by atoms with E-state index in [1.54, 1.807) is 0 Å².